The van der Waals surface area contributed by atoms with Crippen LogP contribution in [0.15, 0.2) is 0 Å². The Morgan fingerprint density at radius 1 is 1.50 bits per heavy atom. The summed E-state index contributed by atoms with van der Waals surface area (Å²) in [7, 11) is 0. The van der Waals surface area contributed by atoms with Gasteiger partial charge < -0.3 is 16.2 Å². The third kappa shape index (κ3) is 3.92. The van der Waals surface area contributed by atoms with Gasteiger partial charge in [0.15, 0.2) is 0 Å². The van der Waals surface area contributed by atoms with E-state index in [1.54, 1.807) is 6.92 Å². The maximum atomic E-state index is 10.8. The smallest absolute Gasteiger partial charge is 0.308 e. The largest absolute Gasteiger partial charge is 0.481 e. The molecule has 1 amide bonds. The van der Waals surface area contributed by atoms with Crippen LogP contribution in [0.4, 0.5) is 0 Å². The van der Waals surface area contributed by atoms with Crippen molar-refractivity contribution in [3.05, 3.63) is 0 Å². The van der Waals surface area contributed by atoms with Gasteiger partial charge in [0, 0.05) is 6.54 Å². The fourth-order valence-electron chi connectivity index (χ4n) is 0.502. The number of aliphatic carboxylic acids is 1. The lowest BCUT2D eigenvalue weighted by molar-refractivity contribution is -0.141. The van der Waals surface area contributed by atoms with Crippen molar-refractivity contribution in [2.45, 2.75) is 19.9 Å². The minimum atomic E-state index is -0.931. The van der Waals surface area contributed by atoms with Gasteiger partial charge in [-0.05, 0) is 6.92 Å². The molecule has 2 unspecified atom stereocenters. The molecule has 0 saturated carbocycles. The second-order valence-electron chi connectivity index (χ2n) is 2.77. The predicted octanol–water partition coefficient (Wildman–Crippen LogP) is -0.829. The molecule has 0 bridgehead atoms. The first-order valence-electron chi connectivity index (χ1n) is 3.71. The van der Waals surface area contributed by atoms with Gasteiger partial charge in [-0.3, -0.25) is 9.59 Å². The van der Waals surface area contributed by atoms with E-state index in [0.29, 0.717) is 0 Å². The SMILES string of the molecule is CC(N)C(=O)NCC(C)C(=O)O. The van der Waals surface area contributed by atoms with Crippen molar-refractivity contribution in [1.82, 2.24) is 5.32 Å². The number of nitrogens with two attached hydrogens (primary N) is 1. The number of nitrogens with one attached hydrogen (secondary N) is 1. The average molecular weight is 174 g/mol. The van der Waals surface area contributed by atoms with Gasteiger partial charge in [-0.15, -0.1) is 0 Å². The van der Waals surface area contributed by atoms with Crippen LogP contribution in [0, 0.1) is 5.92 Å². The fraction of sp³-hybridized carbons (Fsp3) is 0.714. The molecule has 0 aromatic heterocycles. The monoisotopic (exact) mass is 174 g/mol. The summed E-state index contributed by atoms with van der Waals surface area (Å²) in [6.45, 7) is 3.18. The number of carbonyl (C=O) groups is 2. The molecule has 4 N–H and O–H groups in total. The van der Waals surface area contributed by atoms with Gasteiger partial charge in [0.2, 0.25) is 5.91 Å². The second kappa shape index (κ2) is 4.71. The number of carboxylic acid groups (broad SMARTS) is 1. The Morgan fingerprint density at radius 3 is 2.33 bits per heavy atom. The highest BCUT2D eigenvalue weighted by Gasteiger charge is 2.13. The summed E-state index contributed by atoms with van der Waals surface area (Å²) in [6.07, 6.45) is 0. The van der Waals surface area contributed by atoms with Crippen LogP contribution in [0.1, 0.15) is 13.8 Å². The Kier molecular flexibility index (Phi) is 4.28. The molecule has 70 valence electrons. The molecule has 0 heterocycles. The number of carbonyl (C=O) groups excluding carboxylic acids is 1. The third-order valence-corrected chi connectivity index (χ3v) is 1.42. The van der Waals surface area contributed by atoms with Crippen molar-refractivity contribution in [2.24, 2.45) is 11.7 Å². The zero-order valence-corrected chi connectivity index (χ0v) is 7.20. The molecular formula is C7H14N2O3. The van der Waals surface area contributed by atoms with Gasteiger partial charge in [-0.1, -0.05) is 6.92 Å². The standard InChI is InChI=1S/C7H14N2O3/c1-4(7(11)12)3-9-6(10)5(2)8/h4-5H,3,8H2,1-2H3,(H,9,10)(H,11,12). The molecule has 0 radical (unpaired) electrons. The van der Waals surface area contributed by atoms with Gasteiger partial charge in [-0.25, -0.2) is 0 Å². The first kappa shape index (κ1) is 10.9. The van der Waals surface area contributed by atoms with Crippen molar-refractivity contribution >= 4 is 11.9 Å². The molecule has 0 aromatic rings. The Labute approximate surface area is 70.9 Å². The molecule has 0 aliphatic rings. The van der Waals surface area contributed by atoms with Crippen molar-refractivity contribution in [1.29, 1.82) is 0 Å². The second-order valence-corrected chi connectivity index (χ2v) is 2.77. The van der Waals surface area contributed by atoms with Crippen molar-refractivity contribution in [3.63, 3.8) is 0 Å². The number of hydrogen-bond donors (Lipinski definition) is 3. The number of carboxylic acids is 1. The van der Waals surface area contributed by atoms with Crippen LogP contribution in [-0.4, -0.2) is 29.6 Å². The third-order valence-electron chi connectivity index (χ3n) is 1.42. The predicted molar refractivity (Wildman–Crippen MR) is 43.5 cm³/mol. The normalized spacial score (nSPS) is 14.9. The number of rotatable bonds is 4. The molecule has 2 atom stereocenters. The van der Waals surface area contributed by atoms with E-state index >= 15 is 0 Å². The Bertz CT molecular complexity index is 179. The maximum Gasteiger partial charge on any atom is 0.308 e. The van der Waals surface area contributed by atoms with E-state index in [1.807, 2.05) is 0 Å². The summed E-state index contributed by atoms with van der Waals surface area (Å²) in [4.78, 5) is 21.1. The van der Waals surface area contributed by atoms with Gasteiger partial charge in [-0.2, -0.15) is 0 Å². The Balaban J connectivity index is 3.69. The molecule has 0 saturated heterocycles. The molecule has 0 aromatic carbocycles. The lowest BCUT2D eigenvalue weighted by Crippen LogP contribution is -2.41. The van der Waals surface area contributed by atoms with E-state index in [1.165, 1.54) is 6.92 Å². The first-order valence-corrected chi connectivity index (χ1v) is 3.71. The van der Waals surface area contributed by atoms with Crippen molar-refractivity contribution < 1.29 is 14.7 Å². The highest BCUT2D eigenvalue weighted by Crippen LogP contribution is 1.91. The van der Waals surface area contributed by atoms with E-state index in [0.717, 1.165) is 0 Å². The molecule has 5 nitrogen and oxygen atoms in total. The maximum absolute atomic E-state index is 10.8. The van der Waals surface area contributed by atoms with E-state index in [4.69, 9.17) is 10.8 Å². The molecule has 0 aliphatic carbocycles. The topological polar surface area (TPSA) is 92.4 Å². The first-order chi connectivity index (χ1) is 5.45. The van der Waals surface area contributed by atoms with E-state index < -0.39 is 17.9 Å². The Morgan fingerprint density at radius 2 is 2.00 bits per heavy atom. The summed E-state index contributed by atoms with van der Waals surface area (Å²) in [5.41, 5.74) is 5.24. The summed E-state index contributed by atoms with van der Waals surface area (Å²) >= 11 is 0. The van der Waals surface area contributed by atoms with Gasteiger partial charge in [0.25, 0.3) is 0 Å². The molecule has 5 heteroatoms. The fourth-order valence-corrected chi connectivity index (χ4v) is 0.502. The van der Waals surface area contributed by atoms with E-state index in [2.05, 4.69) is 5.32 Å². The minimum absolute atomic E-state index is 0.121. The quantitative estimate of drug-likeness (QED) is 0.518. The van der Waals surface area contributed by atoms with Crippen LogP contribution in [0.5, 0.6) is 0 Å². The van der Waals surface area contributed by atoms with Crippen LogP contribution < -0.4 is 11.1 Å². The summed E-state index contributed by atoms with van der Waals surface area (Å²) in [5, 5.41) is 10.9. The number of hydrogen-bond acceptors (Lipinski definition) is 3. The lowest BCUT2D eigenvalue weighted by atomic mass is 10.2. The van der Waals surface area contributed by atoms with Crippen LogP contribution in [0.2, 0.25) is 0 Å². The molecule has 0 rings (SSSR count). The van der Waals surface area contributed by atoms with Crippen molar-refractivity contribution in [3.8, 4) is 0 Å². The molecule has 0 spiro atoms. The summed E-state index contributed by atoms with van der Waals surface area (Å²) < 4.78 is 0. The molecule has 12 heavy (non-hydrogen) atoms. The van der Waals surface area contributed by atoms with Crippen LogP contribution >= 0.6 is 0 Å². The molecule has 0 fully saturated rings. The van der Waals surface area contributed by atoms with Crippen LogP contribution in [0.3, 0.4) is 0 Å². The van der Waals surface area contributed by atoms with E-state index in [9.17, 15) is 9.59 Å². The molecule has 0 aliphatic heterocycles. The highest BCUT2D eigenvalue weighted by atomic mass is 16.4. The van der Waals surface area contributed by atoms with Gasteiger partial charge >= 0.3 is 5.97 Å². The van der Waals surface area contributed by atoms with Crippen LogP contribution in [-0.2, 0) is 9.59 Å². The van der Waals surface area contributed by atoms with Crippen LogP contribution in [0.25, 0.3) is 0 Å². The number of amides is 1. The zero-order chi connectivity index (χ0) is 9.72. The molecular weight excluding hydrogens is 160 g/mol. The minimum Gasteiger partial charge on any atom is -0.481 e. The Hall–Kier alpha value is -1.10. The summed E-state index contributed by atoms with van der Waals surface area (Å²) in [6, 6.07) is -0.592. The van der Waals surface area contributed by atoms with Gasteiger partial charge in [0.05, 0.1) is 12.0 Å². The van der Waals surface area contributed by atoms with Gasteiger partial charge in [0.1, 0.15) is 0 Å². The lowest BCUT2D eigenvalue weighted by Gasteiger charge is -2.09. The van der Waals surface area contributed by atoms with Crippen molar-refractivity contribution in [2.75, 3.05) is 6.54 Å². The van der Waals surface area contributed by atoms with E-state index in [-0.39, 0.29) is 12.5 Å². The zero-order valence-electron chi connectivity index (χ0n) is 7.20. The highest BCUT2D eigenvalue weighted by molar-refractivity contribution is 5.81. The average Bonchev–Trinajstić information content (AvgIpc) is 1.98. The summed E-state index contributed by atoms with van der Waals surface area (Å²) in [5.74, 6) is -1.84.